The standard InChI is InChI=1S/C77H60N2/c1-75(2)65-39-22-34-57-62-47-52(78(51-29-14-9-15-30-51)68-41-23-35-59-55-32-16-19-37-63(55)76(3,4)73(59)68)43-45-58(62)70(50-27-12-8-13-28-50)72(71(57)65)61-46-44-53(48-66(61)75)79(67-40-21-18-31-54(67)49-25-10-7-11-26-49)69-42-24-36-60-56-33-17-20-38-64(56)77(5,6)74(60)69/h7-48H,1-6H3. The molecular weight excluding hydrogens is 953 g/mol. The Morgan fingerprint density at radius 3 is 1.38 bits per heavy atom. The van der Waals surface area contributed by atoms with Gasteiger partial charge in [0.1, 0.15) is 0 Å². The highest BCUT2D eigenvalue weighted by atomic mass is 15.2. The van der Waals surface area contributed by atoms with Crippen molar-refractivity contribution in [1.29, 1.82) is 0 Å². The Balaban J connectivity index is 0.979. The summed E-state index contributed by atoms with van der Waals surface area (Å²) in [6, 6.07) is 95.5. The first-order valence-electron chi connectivity index (χ1n) is 28.0. The minimum absolute atomic E-state index is 0.203. The van der Waals surface area contributed by atoms with Gasteiger partial charge in [-0.2, -0.15) is 0 Å². The third kappa shape index (κ3) is 6.83. The Kier molecular flexibility index (Phi) is 10.3. The monoisotopic (exact) mass is 1010 g/mol. The van der Waals surface area contributed by atoms with Crippen LogP contribution < -0.4 is 9.80 Å². The molecule has 0 saturated carbocycles. The lowest BCUT2D eigenvalue weighted by Gasteiger charge is -2.39. The van der Waals surface area contributed by atoms with Gasteiger partial charge in [-0.3, -0.25) is 0 Å². The van der Waals surface area contributed by atoms with Gasteiger partial charge in [-0.25, -0.2) is 0 Å². The number of hydrogen-bond acceptors (Lipinski definition) is 2. The summed E-state index contributed by atoms with van der Waals surface area (Å²) < 4.78 is 0. The fourth-order valence-electron chi connectivity index (χ4n) is 14.6. The smallest absolute Gasteiger partial charge is 0.0540 e. The van der Waals surface area contributed by atoms with Crippen molar-refractivity contribution in [2.24, 2.45) is 0 Å². The van der Waals surface area contributed by atoms with Gasteiger partial charge in [-0.05, 0) is 160 Å². The van der Waals surface area contributed by atoms with Crippen LogP contribution in [0.2, 0.25) is 0 Å². The first kappa shape index (κ1) is 47.0. The first-order valence-corrected chi connectivity index (χ1v) is 28.0. The van der Waals surface area contributed by atoms with Gasteiger partial charge in [0.15, 0.2) is 0 Å². The van der Waals surface area contributed by atoms with Gasteiger partial charge in [-0.1, -0.05) is 242 Å². The second-order valence-corrected chi connectivity index (χ2v) is 23.6. The van der Waals surface area contributed by atoms with Crippen LogP contribution in [0.1, 0.15) is 74.9 Å². The molecule has 0 aromatic heterocycles. The number of hydrogen-bond donors (Lipinski definition) is 0. The van der Waals surface area contributed by atoms with Crippen LogP contribution in [0.3, 0.4) is 0 Å². The molecule has 2 nitrogen and oxygen atoms in total. The topological polar surface area (TPSA) is 6.48 Å². The van der Waals surface area contributed by atoms with E-state index in [1.54, 1.807) is 0 Å². The molecule has 12 aromatic rings. The number of rotatable bonds is 8. The number of benzene rings is 12. The predicted octanol–water partition coefficient (Wildman–Crippen LogP) is 21.2. The molecule has 0 spiro atoms. The predicted molar refractivity (Wildman–Crippen MR) is 334 cm³/mol. The summed E-state index contributed by atoms with van der Waals surface area (Å²) in [5.41, 5.74) is 26.9. The molecule has 0 atom stereocenters. The Morgan fingerprint density at radius 2 is 0.734 bits per heavy atom. The van der Waals surface area contributed by atoms with Gasteiger partial charge >= 0.3 is 0 Å². The molecule has 3 aliphatic carbocycles. The molecule has 0 N–H and O–H groups in total. The van der Waals surface area contributed by atoms with Crippen molar-refractivity contribution in [2.75, 3.05) is 9.80 Å². The van der Waals surface area contributed by atoms with Gasteiger partial charge < -0.3 is 9.80 Å². The minimum atomic E-state index is -0.378. The molecule has 0 heterocycles. The SMILES string of the molecule is CC1(C)c2ccccc2-c2cccc(N(c3ccccc3)c3ccc4c(-c5ccccc5)c5c6c(cccc6c4c3)C(C)(C)c3cc(N(c4ccccc4-c4ccccc4)c4cccc6c4C(C)(C)c4ccccc4-6)ccc3-5)c21. The van der Waals surface area contributed by atoms with Crippen LogP contribution in [0.25, 0.3) is 77.2 Å². The van der Waals surface area contributed by atoms with Crippen molar-refractivity contribution in [3.63, 3.8) is 0 Å². The van der Waals surface area contributed by atoms with Crippen molar-refractivity contribution in [3.05, 3.63) is 288 Å². The van der Waals surface area contributed by atoms with E-state index in [0.717, 1.165) is 22.7 Å². The van der Waals surface area contributed by atoms with E-state index in [2.05, 4.69) is 306 Å². The quantitative estimate of drug-likeness (QED) is 0.140. The number of nitrogens with zero attached hydrogens (tertiary/aromatic N) is 2. The molecular formula is C77H60N2. The highest BCUT2D eigenvalue weighted by Crippen LogP contribution is 2.60. The average molecular weight is 1010 g/mol. The highest BCUT2D eigenvalue weighted by molar-refractivity contribution is 6.24. The highest BCUT2D eigenvalue weighted by Gasteiger charge is 2.42. The molecule has 0 amide bonds. The average Bonchev–Trinajstić information content (AvgIpc) is 3.29. The van der Waals surface area contributed by atoms with Crippen LogP contribution >= 0.6 is 0 Å². The summed E-state index contributed by atoms with van der Waals surface area (Å²) in [7, 11) is 0. The van der Waals surface area contributed by atoms with Gasteiger partial charge in [0.25, 0.3) is 0 Å². The summed E-state index contributed by atoms with van der Waals surface area (Å²) in [6.45, 7) is 14.5. The van der Waals surface area contributed by atoms with Gasteiger partial charge in [0.2, 0.25) is 0 Å². The van der Waals surface area contributed by atoms with E-state index in [1.807, 2.05) is 0 Å². The Bertz CT molecular complexity index is 4450. The minimum Gasteiger partial charge on any atom is -0.310 e. The molecule has 79 heavy (non-hydrogen) atoms. The van der Waals surface area contributed by atoms with Crippen molar-refractivity contribution >= 4 is 55.7 Å². The number of anilines is 6. The lowest BCUT2D eigenvalue weighted by Crippen LogP contribution is -2.25. The maximum absolute atomic E-state index is 2.57. The van der Waals surface area contributed by atoms with E-state index >= 15 is 0 Å². The molecule has 0 fully saturated rings. The zero-order valence-corrected chi connectivity index (χ0v) is 45.6. The van der Waals surface area contributed by atoms with E-state index in [9.17, 15) is 0 Å². The van der Waals surface area contributed by atoms with Gasteiger partial charge in [0.05, 0.1) is 17.1 Å². The van der Waals surface area contributed by atoms with E-state index in [0.29, 0.717) is 0 Å². The van der Waals surface area contributed by atoms with E-state index in [1.165, 1.54) is 122 Å². The summed E-state index contributed by atoms with van der Waals surface area (Å²) >= 11 is 0. The summed E-state index contributed by atoms with van der Waals surface area (Å²) in [6.07, 6.45) is 0. The van der Waals surface area contributed by atoms with Crippen LogP contribution in [-0.2, 0) is 16.2 Å². The molecule has 3 aliphatic rings. The lowest BCUT2D eigenvalue weighted by molar-refractivity contribution is 0.645. The molecule has 15 rings (SSSR count). The third-order valence-electron chi connectivity index (χ3n) is 18.2. The maximum Gasteiger partial charge on any atom is 0.0540 e. The first-order chi connectivity index (χ1) is 38.5. The van der Waals surface area contributed by atoms with E-state index in [-0.39, 0.29) is 16.2 Å². The zero-order valence-electron chi connectivity index (χ0n) is 45.6. The van der Waals surface area contributed by atoms with Crippen LogP contribution in [0.15, 0.2) is 255 Å². The van der Waals surface area contributed by atoms with Crippen molar-refractivity contribution in [3.8, 4) is 55.6 Å². The van der Waals surface area contributed by atoms with E-state index < -0.39 is 0 Å². The molecule has 0 unspecified atom stereocenters. The van der Waals surface area contributed by atoms with Crippen LogP contribution in [0.5, 0.6) is 0 Å². The molecule has 0 bridgehead atoms. The molecule has 2 heteroatoms. The largest absolute Gasteiger partial charge is 0.310 e. The number of fused-ring (bicyclic) bond motifs is 10. The Hall–Kier alpha value is -9.24. The fraction of sp³-hybridized carbons (Fsp3) is 0.117. The van der Waals surface area contributed by atoms with E-state index in [4.69, 9.17) is 0 Å². The fourth-order valence-corrected chi connectivity index (χ4v) is 14.6. The van der Waals surface area contributed by atoms with Crippen molar-refractivity contribution < 1.29 is 0 Å². The second-order valence-electron chi connectivity index (χ2n) is 23.6. The summed E-state index contributed by atoms with van der Waals surface area (Å²) in [5.74, 6) is 0. The molecule has 0 aliphatic heterocycles. The van der Waals surface area contributed by atoms with Crippen molar-refractivity contribution in [1.82, 2.24) is 0 Å². The van der Waals surface area contributed by atoms with Crippen LogP contribution in [0, 0.1) is 0 Å². The Morgan fingerprint density at radius 1 is 0.253 bits per heavy atom. The molecule has 0 radical (unpaired) electrons. The second kappa shape index (κ2) is 17.4. The Labute approximate surface area is 464 Å². The molecule has 0 saturated heterocycles. The number of para-hydroxylation sites is 2. The summed E-state index contributed by atoms with van der Waals surface area (Å²) in [5, 5.41) is 5.08. The third-order valence-corrected chi connectivity index (χ3v) is 18.2. The van der Waals surface area contributed by atoms with Crippen LogP contribution in [-0.4, -0.2) is 0 Å². The normalized spacial score (nSPS) is 14.5. The summed E-state index contributed by atoms with van der Waals surface area (Å²) in [4.78, 5) is 5.08. The molecule has 378 valence electrons. The zero-order chi connectivity index (χ0) is 53.4. The van der Waals surface area contributed by atoms with Gasteiger partial charge in [-0.15, -0.1) is 0 Å². The molecule has 12 aromatic carbocycles. The lowest BCUT2D eigenvalue weighted by atomic mass is 9.66. The van der Waals surface area contributed by atoms with Gasteiger partial charge in [0, 0.05) is 38.9 Å². The maximum atomic E-state index is 2.57. The van der Waals surface area contributed by atoms with Crippen molar-refractivity contribution in [2.45, 2.75) is 57.8 Å². The van der Waals surface area contributed by atoms with Crippen LogP contribution in [0.4, 0.5) is 34.1 Å².